The Morgan fingerprint density at radius 1 is 1.13 bits per heavy atom. The maximum absolute atomic E-state index is 12.0. The third kappa shape index (κ3) is 5.67. The molecule has 1 saturated carbocycles. The average molecular weight is 317 g/mol. The molecule has 2 amide bonds. The number of amides is 2. The molecule has 5 heteroatoms. The molecule has 126 valence electrons. The van der Waals surface area contributed by atoms with Crippen molar-refractivity contribution < 1.29 is 9.59 Å². The number of benzene rings is 1. The van der Waals surface area contributed by atoms with Crippen molar-refractivity contribution in [2.24, 2.45) is 0 Å². The van der Waals surface area contributed by atoms with E-state index in [9.17, 15) is 9.59 Å². The summed E-state index contributed by atoms with van der Waals surface area (Å²) in [5, 5.41) is 5.91. The van der Waals surface area contributed by atoms with Crippen LogP contribution in [-0.2, 0) is 16.0 Å². The second kappa shape index (κ2) is 8.67. The zero-order valence-electron chi connectivity index (χ0n) is 14.0. The van der Waals surface area contributed by atoms with Gasteiger partial charge in [0, 0.05) is 25.0 Å². The van der Waals surface area contributed by atoms with E-state index in [1.54, 1.807) is 0 Å². The summed E-state index contributed by atoms with van der Waals surface area (Å²) in [6.07, 6.45) is 4.01. The number of nitrogens with zero attached hydrogens (tertiary/aromatic N) is 1. The number of nitrogens with one attached hydrogen (secondary N) is 2. The molecular weight excluding hydrogens is 290 g/mol. The van der Waals surface area contributed by atoms with Crippen molar-refractivity contribution in [3.05, 3.63) is 35.9 Å². The van der Waals surface area contributed by atoms with E-state index in [1.165, 1.54) is 0 Å². The van der Waals surface area contributed by atoms with Gasteiger partial charge < -0.3 is 15.5 Å². The van der Waals surface area contributed by atoms with Crippen LogP contribution in [0.3, 0.4) is 0 Å². The molecule has 0 unspecified atom stereocenters. The second-order valence-electron chi connectivity index (χ2n) is 6.40. The highest BCUT2D eigenvalue weighted by molar-refractivity contribution is 5.80. The topological polar surface area (TPSA) is 61.4 Å². The quantitative estimate of drug-likeness (QED) is 0.798. The first-order valence-corrected chi connectivity index (χ1v) is 8.32. The first-order valence-electron chi connectivity index (χ1n) is 8.32. The molecule has 0 saturated heterocycles. The Kier molecular flexibility index (Phi) is 6.59. The zero-order valence-corrected chi connectivity index (χ0v) is 14.0. The van der Waals surface area contributed by atoms with Crippen LogP contribution >= 0.6 is 0 Å². The molecule has 2 rings (SSSR count). The summed E-state index contributed by atoms with van der Waals surface area (Å²) < 4.78 is 0. The molecule has 1 aromatic rings. The lowest BCUT2D eigenvalue weighted by molar-refractivity contribution is -0.122. The number of hydrogen-bond donors (Lipinski definition) is 2. The van der Waals surface area contributed by atoms with Crippen LogP contribution in [0.5, 0.6) is 0 Å². The van der Waals surface area contributed by atoms with E-state index >= 15 is 0 Å². The molecule has 0 aliphatic heterocycles. The Morgan fingerprint density at radius 2 is 1.87 bits per heavy atom. The van der Waals surface area contributed by atoms with E-state index < -0.39 is 0 Å². The lowest BCUT2D eigenvalue weighted by Gasteiger charge is -2.26. The van der Waals surface area contributed by atoms with Gasteiger partial charge in [-0.25, -0.2) is 0 Å². The Morgan fingerprint density at radius 3 is 2.57 bits per heavy atom. The molecule has 23 heavy (non-hydrogen) atoms. The van der Waals surface area contributed by atoms with Crippen LogP contribution in [0.15, 0.2) is 30.3 Å². The standard InChI is InChI=1S/C18H27N3O2/c1-21(2)16-10-6-9-15(16)20-17(22)11-12-19-18(23)13-14-7-4-3-5-8-14/h3-5,7-8,15-16H,6,9-13H2,1-2H3,(H,19,23)(H,20,22)/t15-,16-/m1/s1. The summed E-state index contributed by atoms with van der Waals surface area (Å²) in [7, 11) is 4.11. The molecule has 5 nitrogen and oxygen atoms in total. The number of carbonyl (C=O) groups excluding carboxylic acids is 2. The minimum atomic E-state index is -0.0453. The first kappa shape index (κ1) is 17.5. The fourth-order valence-corrected chi connectivity index (χ4v) is 3.17. The van der Waals surface area contributed by atoms with Crippen molar-refractivity contribution in [3.63, 3.8) is 0 Å². The van der Waals surface area contributed by atoms with Gasteiger partial charge in [0.05, 0.1) is 6.42 Å². The second-order valence-corrected chi connectivity index (χ2v) is 6.40. The predicted octanol–water partition coefficient (Wildman–Crippen LogP) is 1.33. The summed E-state index contributed by atoms with van der Waals surface area (Å²) in [6.45, 7) is 0.386. The van der Waals surface area contributed by atoms with Crippen LogP contribution in [0.25, 0.3) is 0 Å². The van der Waals surface area contributed by atoms with Gasteiger partial charge in [-0.15, -0.1) is 0 Å². The highest BCUT2D eigenvalue weighted by atomic mass is 16.2. The molecule has 0 spiro atoms. The minimum Gasteiger partial charge on any atom is -0.355 e. The third-order valence-corrected chi connectivity index (χ3v) is 4.37. The summed E-state index contributed by atoms with van der Waals surface area (Å²) in [4.78, 5) is 26.0. The summed E-state index contributed by atoms with van der Waals surface area (Å²) >= 11 is 0. The maximum atomic E-state index is 12.0. The monoisotopic (exact) mass is 317 g/mol. The van der Waals surface area contributed by atoms with Crippen LogP contribution in [-0.4, -0.2) is 49.4 Å². The average Bonchev–Trinajstić information content (AvgIpc) is 2.96. The molecule has 1 fully saturated rings. The van der Waals surface area contributed by atoms with Gasteiger partial charge in [-0.1, -0.05) is 30.3 Å². The van der Waals surface area contributed by atoms with E-state index in [2.05, 4.69) is 29.6 Å². The largest absolute Gasteiger partial charge is 0.355 e. The van der Waals surface area contributed by atoms with Crippen molar-refractivity contribution in [2.75, 3.05) is 20.6 Å². The molecule has 1 aromatic carbocycles. The summed E-state index contributed by atoms with van der Waals surface area (Å²) in [5.74, 6) is -0.0280. The Bertz CT molecular complexity index is 516. The number of rotatable bonds is 7. The smallest absolute Gasteiger partial charge is 0.224 e. The van der Waals surface area contributed by atoms with Gasteiger partial charge in [0.25, 0.3) is 0 Å². The Hall–Kier alpha value is -1.88. The molecule has 0 aromatic heterocycles. The van der Waals surface area contributed by atoms with E-state index in [4.69, 9.17) is 0 Å². The molecule has 2 N–H and O–H groups in total. The van der Waals surface area contributed by atoms with Crippen molar-refractivity contribution in [2.45, 2.75) is 44.2 Å². The van der Waals surface area contributed by atoms with Crippen LogP contribution < -0.4 is 10.6 Å². The third-order valence-electron chi connectivity index (χ3n) is 4.37. The molecule has 2 atom stereocenters. The van der Waals surface area contributed by atoms with E-state index in [0.717, 1.165) is 24.8 Å². The molecular formula is C18H27N3O2. The Labute approximate surface area is 138 Å². The van der Waals surface area contributed by atoms with Gasteiger partial charge in [-0.2, -0.15) is 0 Å². The van der Waals surface area contributed by atoms with Crippen LogP contribution in [0.1, 0.15) is 31.2 Å². The van der Waals surface area contributed by atoms with Crippen molar-refractivity contribution in [3.8, 4) is 0 Å². The highest BCUT2D eigenvalue weighted by Crippen LogP contribution is 2.22. The predicted molar refractivity (Wildman–Crippen MR) is 91.0 cm³/mol. The van der Waals surface area contributed by atoms with Gasteiger partial charge >= 0.3 is 0 Å². The van der Waals surface area contributed by atoms with Gasteiger partial charge in [0.2, 0.25) is 11.8 Å². The highest BCUT2D eigenvalue weighted by Gasteiger charge is 2.29. The summed E-state index contributed by atoms with van der Waals surface area (Å²) in [5.41, 5.74) is 0.981. The lowest BCUT2D eigenvalue weighted by atomic mass is 10.1. The molecule has 0 heterocycles. The fourth-order valence-electron chi connectivity index (χ4n) is 3.17. The van der Waals surface area contributed by atoms with Crippen LogP contribution in [0, 0.1) is 0 Å². The molecule has 0 radical (unpaired) electrons. The zero-order chi connectivity index (χ0) is 16.7. The lowest BCUT2D eigenvalue weighted by Crippen LogP contribution is -2.46. The van der Waals surface area contributed by atoms with E-state index in [-0.39, 0.29) is 17.9 Å². The van der Waals surface area contributed by atoms with Crippen LogP contribution in [0.4, 0.5) is 0 Å². The van der Waals surface area contributed by atoms with Gasteiger partial charge in [-0.05, 0) is 38.9 Å². The van der Waals surface area contributed by atoms with Gasteiger partial charge in [0.1, 0.15) is 0 Å². The fraction of sp³-hybridized carbons (Fsp3) is 0.556. The minimum absolute atomic E-state index is 0.0174. The van der Waals surface area contributed by atoms with Crippen molar-refractivity contribution in [1.29, 1.82) is 0 Å². The SMILES string of the molecule is CN(C)[C@@H]1CCC[C@H]1NC(=O)CCNC(=O)Cc1ccccc1. The molecule has 1 aliphatic rings. The van der Waals surface area contributed by atoms with E-state index in [0.29, 0.717) is 25.4 Å². The van der Waals surface area contributed by atoms with Gasteiger partial charge in [-0.3, -0.25) is 9.59 Å². The molecule has 1 aliphatic carbocycles. The van der Waals surface area contributed by atoms with Gasteiger partial charge in [0.15, 0.2) is 0 Å². The van der Waals surface area contributed by atoms with E-state index in [1.807, 2.05) is 30.3 Å². The first-order chi connectivity index (χ1) is 11.1. The maximum Gasteiger partial charge on any atom is 0.224 e. The normalized spacial score (nSPS) is 20.5. The number of likely N-dealkylation sites (N-methyl/N-ethyl adjacent to an activating group) is 1. The van der Waals surface area contributed by atoms with Crippen LogP contribution in [0.2, 0.25) is 0 Å². The van der Waals surface area contributed by atoms with Crippen molar-refractivity contribution in [1.82, 2.24) is 15.5 Å². The van der Waals surface area contributed by atoms with Crippen molar-refractivity contribution >= 4 is 11.8 Å². The summed E-state index contributed by atoms with van der Waals surface area (Å²) in [6, 6.07) is 10.3. The number of hydrogen-bond acceptors (Lipinski definition) is 3. The number of carbonyl (C=O) groups is 2. The molecule has 0 bridgehead atoms. The Balaban J connectivity index is 1.65.